The quantitative estimate of drug-likeness (QED) is 0.266. The summed E-state index contributed by atoms with van der Waals surface area (Å²) in [5, 5.41) is 16.7. The Kier molecular flexibility index (Phi) is 0.829. The standard InChI is InChI=1S/C3H7NO3/c4-3(5,6)2-1-7-2/h2,5-6H,1,4H2. The number of nitrogens with two attached hydrogens (primary N) is 1. The highest BCUT2D eigenvalue weighted by molar-refractivity contribution is 4.79. The second kappa shape index (κ2) is 1.16. The third-order valence-corrected chi connectivity index (χ3v) is 0.807. The molecule has 1 heterocycles. The number of aliphatic hydroxyl groups is 2. The summed E-state index contributed by atoms with van der Waals surface area (Å²) in [6, 6.07) is 0. The highest BCUT2D eigenvalue weighted by Gasteiger charge is 2.41. The third kappa shape index (κ3) is 1.10. The van der Waals surface area contributed by atoms with Crippen molar-refractivity contribution in [3.05, 3.63) is 0 Å². The Bertz CT molecular complexity index is 72.7. The third-order valence-electron chi connectivity index (χ3n) is 0.807. The smallest absolute Gasteiger partial charge is 0.249 e. The Hall–Kier alpha value is -0.160. The number of hydrogen-bond acceptors (Lipinski definition) is 4. The van der Waals surface area contributed by atoms with E-state index >= 15 is 0 Å². The van der Waals surface area contributed by atoms with Crippen molar-refractivity contribution in [1.82, 2.24) is 0 Å². The van der Waals surface area contributed by atoms with Gasteiger partial charge in [-0.15, -0.1) is 0 Å². The summed E-state index contributed by atoms with van der Waals surface area (Å²) in [6.07, 6.45) is -0.563. The minimum atomic E-state index is -2.11. The van der Waals surface area contributed by atoms with Crippen molar-refractivity contribution >= 4 is 0 Å². The summed E-state index contributed by atoms with van der Waals surface area (Å²) in [4.78, 5) is 0. The van der Waals surface area contributed by atoms with Crippen LogP contribution >= 0.6 is 0 Å². The first-order chi connectivity index (χ1) is 3.11. The number of hydrogen-bond donors (Lipinski definition) is 3. The fraction of sp³-hybridized carbons (Fsp3) is 1.00. The van der Waals surface area contributed by atoms with Gasteiger partial charge in [0.15, 0.2) is 0 Å². The van der Waals surface area contributed by atoms with E-state index in [9.17, 15) is 0 Å². The van der Waals surface area contributed by atoms with Gasteiger partial charge < -0.3 is 14.9 Å². The van der Waals surface area contributed by atoms with E-state index in [4.69, 9.17) is 15.9 Å². The lowest BCUT2D eigenvalue weighted by Crippen LogP contribution is -2.44. The minimum absolute atomic E-state index is 0.351. The van der Waals surface area contributed by atoms with Gasteiger partial charge in [0.05, 0.1) is 6.61 Å². The van der Waals surface area contributed by atoms with Crippen molar-refractivity contribution in [3.8, 4) is 0 Å². The van der Waals surface area contributed by atoms with Crippen molar-refractivity contribution in [2.24, 2.45) is 5.73 Å². The fourth-order valence-corrected chi connectivity index (χ4v) is 0.293. The molecule has 0 aromatic rings. The van der Waals surface area contributed by atoms with Gasteiger partial charge in [-0.1, -0.05) is 0 Å². The van der Waals surface area contributed by atoms with Crippen LogP contribution in [0.3, 0.4) is 0 Å². The van der Waals surface area contributed by atoms with Crippen molar-refractivity contribution in [2.45, 2.75) is 12.0 Å². The largest absolute Gasteiger partial charge is 0.366 e. The van der Waals surface area contributed by atoms with Crippen LogP contribution in [0.2, 0.25) is 0 Å². The molecule has 4 nitrogen and oxygen atoms in total. The average molecular weight is 105 g/mol. The molecule has 0 spiro atoms. The van der Waals surface area contributed by atoms with Crippen molar-refractivity contribution in [1.29, 1.82) is 0 Å². The molecule has 0 aliphatic carbocycles. The van der Waals surface area contributed by atoms with E-state index in [1.165, 1.54) is 0 Å². The van der Waals surface area contributed by atoms with E-state index in [0.29, 0.717) is 6.61 Å². The number of epoxide rings is 1. The fourth-order valence-electron chi connectivity index (χ4n) is 0.293. The van der Waals surface area contributed by atoms with Crippen molar-refractivity contribution in [3.63, 3.8) is 0 Å². The van der Waals surface area contributed by atoms with Crippen LogP contribution in [0.4, 0.5) is 0 Å². The van der Waals surface area contributed by atoms with Gasteiger partial charge in [0.25, 0.3) is 0 Å². The van der Waals surface area contributed by atoms with Gasteiger partial charge in [0.1, 0.15) is 6.10 Å². The first-order valence-corrected chi connectivity index (χ1v) is 1.96. The molecule has 4 N–H and O–H groups in total. The molecule has 1 unspecified atom stereocenters. The Morgan fingerprint density at radius 1 is 1.71 bits per heavy atom. The van der Waals surface area contributed by atoms with E-state index in [0.717, 1.165) is 0 Å². The van der Waals surface area contributed by atoms with E-state index < -0.39 is 12.0 Å². The zero-order chi connectivity index (χ0) is 5.49. The van der Waals surface area contributed by atoms with Crippen LogP contribution in [0.5, 0.6) is 0 Å². The van der Waals surface area contributed by atoms with Gasteiger partial charge in [-0.3, -0.25) is 5.73 Å². The Balaban J connectivity index is 2.36. The second-order valence-electron chi connectivity index (χ2n) is 1.61. The van der Waals surface area contributed by atoms with Crippen LogP contribution in [0.1, 0.15) is 0 Å². The van der Waals surface area contributed by atoms with E-state index in [-0.39, 0.29) is 0 Å². The predicted molar refractivity (Wildman–Crippen MR) is 21.1 cm³/mol. The zero-order valence-electron chi connectivity index (χ0n) is 3.66. The SMILES string of the molecule is NC(O)(O)C1CO1. The molecule has 0 saturated carbocycles. The van der Waals surface area contributed by atoms with Crippen LogP contribution in [-0.4, -0.2) is 28.8 Å². The maximum atomic E-state index is 8.37. The lowest BCUT2D eigenvalue weighted by atomic mass is 10.4. The first-order valence-electron chi connectivity index (χ1n) is 1.96. The molecule has 1 aliphatic rings. The van der Waals surface area contributed by atoms with Crippen LogP contribution in [-0.2, 0) is 4.74 Å². The predicted octanol–water partition coefficient (Wildman–Crippen LogP) is -2.02. The summed E-state index contributed by atoms with van der Waals surface area (Å²) in [5.74, 6) is -2.11. The molecule has 0 bridgehead atoms. The molecule has 1 atom stereocenters. The molecule has 1 rings (SSSR count). The summed E-state index contributed by atoms with van der Waals surface area (Å²) < 4.78 is 4.45. The molecule has 42 valence electrons. The van der Waals surface area contributed by atoms with Crippen LogP contribution in [0, 0.1) is 0 Å². The van der Waals surface area contributed by atoms with E-state index in [2.05, 4.69) is 4.74 Å². The van der Waals surface area contributed by atoms with Crippen molar-refractivity contribution in [2.75, 3.05) is 6.61 Å². The zero-order valence-corrected chi connectivity index (χ0v) is 3.66. The van der Waals surface area contributed by atoms with Crippen LogP contribution in [0.25, 0.3) is 0 Å². The highest BCUT2D eigenvalue weighted by Crippen LogP contribution is 2.16. The minimum Gasteiger partial charge on any atom is -0.366 e. The van der Waals surface area contributed by atoms with Crippen LogP contribution in [0.15, 0.2) is 0 Å². The molecule has 1 aliphatic heterocycles. The van der Waals surface area contributed by atoms with E-state index in [1.807, 2.05) is 0 Å². The van der Waals surface area contributed by atoms with Gasteiger partial charge in [-0.2, -0.15) is 0 Å². The Labute approximate surface area is 40.5 Å². The van der Waals surface area contributed by atoms with Gasteiger partial charge >= 0.3 is 0 Å². The molecule has 1 saturated heterocycles. The monoisotopic (exact) mass is 105 g/mol. The van der Waals surface area contributed by atoms with Gasteiger partial charge in [-0.05, 0) is 0 Å². The molecule has 0 aromatic carbocycles. The second-order valence-corrected chi connectivity index (χ2v) is 1.61. The van der Waals surface area contributed by atoms with Gasteiger partial charge in [-0.25, -0.2) is 0 Å². The normalized spacial score (nSPS) is 30.4. The lowest BCUT2D eigenvalue weighted by molar-refractivity contribution is -0.169. The van der Waals surface area contributed by atoms with E-state index in [1.54, 1.807) is 0 Å². The summed E-state index contributed by atoms with van der Waals surface area (Å²) in [7, 11) is 0. The maximum absolute atomic E-state index is 8.37. The molecule has 0 aromatic heterocycles. The molecule has 0 radical (unpaired) electrons. The number of rotatable bonds is 1. The lowest BCUT2D eigenvalue weighted by Gasteiger charge is -2.09. The van der Waals surface area contributed by atoms with Gasteiger partial charge in [0.2, 0.25) is 5.91 Å². The first kappa shape index (κ1) is 4.99. The Morgan fingerprint density at radius 2 is 2.14 bits per heavy atom. The Morgan fingerprint density at radius 3 is 2.14 bits per heavy atom. The average Bonchev–Trinajstić information content (AvgIpc) is 1.99. The molecule has 4 heteroatoms. The molecular weight excluding hydrogens is 98.0 g/mol. The van der Waals surface area contributed by atoms with Crippen LogP contribution < -0.4 is 5.73 Å². The molecule has 1 fully saturated rings. The molecule has 0 amide bonds. The summed E-state index contributed by atoms with van der Waals surface area (Å²) in [5.41, 5.74) is 4.73. The molecule has 7 heavy (non-hydrogen) atoms. The summed E-state index contributed by atoms with van der Waals surface area (Å²) >= 11 is 0. The van der Waals surface area contributed by atoms with Gasteiger partial charge in [0, 0.05) is 0 Å². The highest BCUT2D eigenvalue weighted by atomic mass is 16.6. The topological polar surface area (TPSA) is 79.0 Å². The maximum Gasteiger partial charge on any atom is 0.249 e. The number of ether oxygens (including phenoxy) is 1. The van der Waals surface area contributed by atoms with Crippen molar-refractivity contribution < 1.29 is 14.9 Å². The molecular formula is C3H7NO3. The summed E-state index contributed by atoms with van der Waals surface area (Å²) in [6.45, 7) is 0.351.